The summed E-state index contributed by atoms with van der Waals surface area (Å²) in [6.45, 7) is 4.37. The second-order valence-electron chi connectivity index (χ2n) is 6.44. The number of rotatable bonds is 6. The maximum absolute atomic E-state index is 14.0. The first kappa shape index (κ1) is 18.6. The number of ether oxygens (including phenoxy) is 2. The van der Waals surface area contributed by atoms with E-state index in [2.05, 4.69) is 12.2 Å². The molecule has 1 N–H and O–H groups in total. The highest BCUT2D eigenvalue weighted by Crippen LogP contribution is 2.23. The average molecular weight is 362 g/mol. The lowest BCUT2D eigenvalue weighted by atomic mass is 10.1. The van der Waals surface area contributed by atoms with Crippen LogP contribution in [0.25, 0.3) is 0 Å². The summed E-state index contributed by atoms with van der Waals surface area (Å²) >= 11 is 0. The molecule has 0 amide bonds. The van der Waals surface area contributed by atoms with Crippen LogP contribution in [0.15, 0.2) is 42.5 Å². The van der Waals surface area contributed by atoms with Gasteiger partial charge in [-0.2, -0.15) is 0 Å². The topological polar surface area (TPSA) is 33.7 Å². The summed E-state index contributed by atoms with van der Waals surface area (Å²) < 4.78 is 38.2. The van der Waals surface area contributed by atoms with Gasteiger partial charge < -0.3 is 19.7 Å². The lowest BCUT2D eigenvalue weighted by Crippen LogP contribution is -2.47. The Morgan fingerprint density at radius 1 is 1.27 bits per heavy atom. The average Bonchev–Trinajstić information content (AvgIpc) is 2.66. The summed E-state index contributed by atoms with van der Waals surface area (Å²) in [7, 11) is 1.65. The van der Waals surface area contributed by atoms with E-state index in [1.54, 1.807) is 7.11 Å². The van der Waals surface area contributed by atoms with Crippen molar-refractivity contribution in [2.75, 3.05) is 38.3 Å². The van der Waals surface area contributed by atoms with E-state index in [1.165, 1.54) is 12.1 Å². The minimum Gasteiger partial charge on any atom is -0.497 e. The van der Waals surface area contributed by atoms with Crippen molar-refractivity contribution in [3.63, 3.8) is 0 Å². The molecule has 0 saturated carbocycles. The van der Waals surface area contributed by atoms with Crippen LogP contribution in [0.5, 0.6) is 5.75 Å². The standard InChI is InChI=1S/C20H24F2N2O2/c1-14(15-4-3-5-17(10-15)25-2)23-12-18-13-24(8-9-26-18)20-7-6-16(21)11-19(20)22/h3-7,10-11,14,18,23H,8-9,12-13H2,1-2H3/t14-,18?/m1/s1. The molecule has 1 saturated heterocycles. The Morgan fingerprint density at radius 3 is 2.88 bits per heavy atom. The Morgan fingerprint density at radius 2 is 2.12 bits per heavy atom. The van der Waals surface area contributed by atoms with Gasteiger partial charge in [0.1, 0.15) is 17.4 Å². The number of halogens is 2. The molecule has 0 spiro atoms. The van der Waals surface area contributed by atoms with Gasteiger partial charge in [0.15, 0.2) is 0 Å². The molecule has 2 aromatic rings. The molecular formula is C20H24F2N2O2. The van der Waals surface area contributed by atoms with Gasteiger partial charge in [-0.1, -0.05) is 12.1 Å². The van der Waals surface area contributed by atoms with E-state index in [4.69, 9.17) is 9.47 Å². The van der Waals surface area contributed by atoms with Crippen LogP contribution in [0.3, 0.4) is 0 Å². The van der Waals surface area contributed by atoms with Crippen molar-refractivity contribution < 1.29 is 18.3 Å². The maximum Gasteiger partial charge on any atom is 0.149 e. The second kappa shape index (κ2) is 8.47. The zero-order valence-corrected chi connectivity index (χ0v) is 15.0. The summed E-state index contributed by atoms with van der Waals surface area (Å²) in [4.78, 5) is 1.90. The van der Waals surface area contributed by atoms with Gasteiger partial charge >= 0.3 is 0 Å². The molecule has 26 heavy (non-hydrogen) atoms. The van der Waals surface area contributed by atoms with Gasteiger partial charge in [0.2, 0.25) is 0 Å². The number of methoxy groups -OCH3 is 1. The Labute approximate surface area is 152 Å². The molecule has 1 aliphatic heterocycles. The number of morpholine rings is 1. The van der Waals surface area contributed by atoms with Crippen LogP contribution in [0, 0.1) is 11.6 Å². The molecule has 1 heterocycles. The minimum absolute atomic E-state index is 0.0683. The molecule has 1 aliphatic rings. The van der Waals surface area contributed by atoms with Crippen LogP contribution in [0.1, 0.15) is 18.5 Å². The third kappa shape index (κ3) is 4.51. The molecule has 0 aliphatic carbocycles. The fourth-order valence-electron chi connectivity index (χ4n) is 3.14. The number of anilines is 1. The summed E-state index contributed by atoms with van der Waals surface area (Å²) in [5.74, 6) is -0.281. The minimum atomic E-state index is -0.565. The zero-order valence-electron chi connectivity index (χ0n) is 15.0. The Balaban J connectivity index is 1.58. The molecule has 0 bridgehead atoms. The number of hydrogen-bond donors (Lipinski definition) is 1. The number of nitrogens with one attached hydrogen (secondary N) is 1. The second-order valence-corrected chi connectivity index (χ2v) is 6.44. The van der Waals surface area contributed by atoms with Crippen molar-refractivity contribution in [3.8, 4) is 5.75 Å². The van der Waals surface area contributed by atoms with Crippen molar-refractivity contribution in [2.24, 2.45) is 0 Å². The summed E-state index contributed by atoms with van der Waals surface area (Å²) in [5.41, 5.74) is 1.54. The SMILES string of the molecule is COc1cccc([C@@H](C)NCC2CN(c3ccc(F)cc3F)CCO2)c1. The van der Waals surface area contributed by atoms with Gasteiger partial charge in [0, 0.05) is 31.7 Å². The van der Waals surface area contributed by atoms with Crippen LogP contribution >= 0.6 is 0 Å². The fraction of sp³-hybridized carbons (Fsp3) is 0.400. The van der Waals surface area contributed by atoms with Crippen molar-refractivity contribution in [1.82, 2.24) is 5.32 Å². The molecule has 3 rings (SSSR count). The summed E-state index contributed by atoms with van der Waals surface area (Å²) in [6, 6.07) is 11.7. The van der Waals surface area contributed by atoms with Gasteiger partial charge in [-0.3, -0.25) is 0 Å². The molecule has 6 heteroatoms. The Bertz CT molecular complexity index is 742. The molecule has 2 atom stereocenters. The predicted molar refractivity (Wildman–Crippen MR) is 97.7 cm³/mol. The first-order valence-electron chi connectivity index (χ1n) is 8.75. The fourth-order valence-corrected chi connectivity index (χ4v) is 3.14. The van der Waals surface area contributed by atoms with Gasteiger partial charge in [-0.25, -0.2) is 8.78 Å². The highest BCUT2D eigenvalue weighted by atomic mass is 19.1. The predicted octanol–water partition coefficient (Wildman–Crippen LogP) is 3.53. The van der Waals surface area contributed by atoms with Gasteiger partial charge in [-0.15, -0.1) is 0 Å². The molecule has 0 radical (unpaired) electrons. The molecule has 0 aromatic heterocycles. The van der Waals surface area contributed by atoms with E-state index in [-0.39, 0.29) is 12.1 Å². The summed E-state index contributed by atoms with van der Waals surface area (Å²) in [5, 5.41) is 3.45. The first-order valence-corrected chi connectivity index (χ1v) is 8.75. The van der Waals surface area contributed by atoms with Crippen LogP contribution in [0.2, 0.25) is 0 Å². The third-order valence-corrected chi connectivity index (χ3v) is 4.63. The van der Waals surface area contributed by atoms with Crippen LogP contribution in [-0.4, -0.2) is 39.5 Å². The number of benzene rings is 2. The number of nitrogens with zero attached hydrogens (tertiary/aromatic N) is 1. The van der Waals surface area contributed by atoms with Crippen LogP contribution in [-0.2, 0) is 4.74 Å². The van der Waals surface area contributed by atoms with Crippen LogP contribution < -0.4 is 15.0 Å². The van der Waals surface area contributed by atoms with Crippen molar-refractivity contribution in [3.05, 3.63) is 59.7 Å². The van der Waals surface area contributed by atoms with Gasteiger partial charge in [-0.05, 0) is 36.8 Å². The van der Waals surface area contributed by atoms with Crippen molar-refractivity contribution in [1.29, 1.82) is 0 Å². The van der Waals surface area contributed by atoms with Crippen LogP contribution in [0.4, 0.5) is 14.5 Å². The van der Waals surface area contributed by atoms with E-state index in [9.17, 15) is 8.78 Å². The highest BCUT2D eigenvalue weighted by Gasteiger charge is 2.23. The van der Waals surface area contributed by atoms with Crippen molar-refractivity contribution >= 4 is 5.69 Å². The third-order valence-electron chi connectivity index (χ3n) is 4.63. The quantitative estimate of drug-likeness (QED) is 0.852. The molecule has 1 unspecified atom stereocenters. The van der Waals surface area contributed by atoms with E-state index < -0.39 is 11.6 Å². The molecule has 1 fully saturated rings. The van der Waals surface area contributed by atoms with E-state index in [0.717, 1.165) is 17.4 Å². The lowest BCUT2D eigenvalue weighted by Gasteiger charge is -2.35. The van der Waals surface area contributed by atoms with E-state index in [0.29, 0.717) is 31.9 Å². The Hall–Kier alpha value is -2.18. The van der Waals surface area contributed by atoms with E-state index >= 15 is 0 Å². The van der Waals surface area contributed by atoms with Gasteiger partial charge in [0.05, 0.1) is 25.5 Å². The maximum atomic E-state index is 14.0. The largest absolute Gasteiger partial charge is 0.497 e. The first-order chi connectivity index (χ1) is 12.6. The molecular weight excluding hydrogens is 338 g/mol. The highest BCUT2D eigenvalue weighted by molar-refractivity contribution is 5.48. The molecule has 140 valence electrons. The van der Waals surface area contributed by atoms with Crippen molar-refractivity contribution in [2.45, 2.75) is 19.1 Å². The summed E-state index contributed by atoms with van der Waals surface area (Å²) in [6.07, 6.45) is -0.0683. The van der Waals surface area contributed by atoms with E-state index in [1.807, 2.05) is 29.2 Å². The zero-order chi connectivity index (χ0) is 18.5. The monoisotopic (exact) mass is 362 g/mol. The molecule has 4 nitrogen and oxygen atoms in total. The lowest BCUT2D eigenvalue weighted by molar-refractivity contribution is 0.0392. The normalized spacial score (nSPS) is 18.6. The van der Waals surface area contributed by atoms with Gasteiger partial charge in [0.25, 0.3) is 0 Å². The number of hydrogen-bond acceptors (Lipinski definition) is 4. The smallest absolute Gasteiger partial charge is 0.149 e. The molecule has 2 aromatic carbocycles. The Kier molecular flexibility index (Phi) is 6.06.